The first-order valence-electron chi connectivity index (χ1n) is 8.16. The summed E-state index contributed by atoms with van der Waals surface area (Å²) in [5, 5.41) is 0. The van der Waals surface area contributed by atoms with Crippen LogP contribution in [0.25, 0.3) is 0 Å². The Bertz CT molecular complexity index is 640. The molecule has 3 heterocycles. The van der Waals surface area contributed by atoms with Gasteiger partial charge in [0.2, 0.25) is 5.91 Å². The highest BCUT2D eigenvalue weighted by Gasteiger charge is 2.34. The van der Waals surface area contributed by atoms with Gasteiger partial charge in [-0.2, -0.15) is 0 Å². The smallest absolute Gasteiger partial charge is 0.223 e. The Morgan fingerprint density at radius 1 is 1.22 bits per heavy atom. The fraction of sp³-hybridized carbons (Fsp3) is 0.625. The van der Waals surface area contributed by atoms with Crippen molar-refractivity contribution in [3.63, 3.8) is 0 Å². The van der Waals surface area contributed by atoms with Crippen LogP contribution in [-0.4, -0.2) is 72.8 Å². The molecule has 0 saturated carbocycles. The summed E-state index contributed by atoms with van der Waals surface area (Å²) in [6.07, 6.45) is 3.62. The van der Waals surface area contributed by atoms with Gasteiger partial charge in [0.15, 0.2) is 9.84 Å². The lowest BCUT2D eigenvalue weighted by atomic mass is 10.1. The molecule has 0 aromatic carbocycles. The number of amides is 1. The standard InChI is InChI=1S/C16H23N3O3S/c20-16(5-4-14-3-1-2-7-17-14)19-10-8-18(9-11-19)15-6-12-23(21,22)13-15/h1-3,7,15H,4-6,8-13H2/t15-/m0/s1. The quantitative estimate of drug-likeness (QED) is 0.793. The summed E-state index contributed by atoms with van der Waals surface area (Å²) in [5.41, 5.74) is 0.940. The largest absolute Gasteiger partial charge is 0.340 e. The third-order valence-corrected chi connectivity index (χ3v) is 6.46. The van der Waals surface area contributed by atoms with E-state index in [4.69, 9.17) is 0 Å². The molecule has 2 saturated heterocycles. The van der Waals surface area contributed by atoms with Crippen molar-refractivity contribution in [2.24, 2.45) is 0 Å². The minimum atomic E-state index is -2.84. The number of carbonyl (C=O) groups excluding carboxylic acids is 1. The summed E-state index contributed by atoms with van der Waals surface area (Å²) >= 11 is 0. The maximum atomic E-state index is 12.3. The summed E-state index contributed by atoms with van der Waals surface area (Å²) in [6, 6.07) is 5.88. The van der Waals surface area contributed by atoms with Crippen molar-refractivity contribution in [2.45, 2.75) is 25.3 Å². The summed E-state index contributed by atoms with van der Waals surface area (Å²) in [6.45, 7) is 2.93. The van der Waals surface area contributed by atoms with Crippen LogP contribution in [0.3, 0.4) is 0 Å². The minimum absolute atomic E-state index is 0.144. The van der Waals surface area contributed by atoms with Crippen molar-refractivity contribution in [3.8, 4) is 0 Å². The van der Waals surface area contributed by atoms with Crippen molar-refractivity contribution in [1.29, 1.82) is 0 Å². The maximum absolute atomic E-state index is 12.3. The van der Waals surface area contributed by atoms with Gasteiger partial charge < -0.3 is 4.90 Å². The Morgan fingerprint density at radius 2 is 2.00 bits per heavy atom. The van der Waals surface area contributed by atoms with Crippen LogP contribution < -0.4 is 0 Å². The first kappa shape index (κ1) is 16.4. The predicted molar refractivity (Wildman–Crippen MR) is 87.8 cm³/mol. The number of hydrogen-bond donors (Lipinski definition) is 0. The Hall–Kier alpha value is -1.47. The lowest BCUT2D eigenvalue weighted by Crippen LogP contribution is -2.52. The van der Waals surface area contributed by atoms with E-state index in [1.165, 1.54) is 0 Å². The van der Waals surface area contributed by atoms with Crippen molar-refractivity contribution in [2.75, 3.05) is 37.7 Å². The van der Waals surface area contributed by atoms with Crippen LogP contribution in [0.15, 0.2) is 24.4 Å². The zero-order chi connectivity index (χ0) is 16.3. The molecule has 1 aromatic heterocycles. The molecule has 1 aromatic rings. The van der Waals surface area contributed by atoms with Gasteiger partial charge in [0, 0.05) is 50.5 Å². The lowest BCUT2D eigenvalue weighted by molar-refractivity contribution is -0.133. The van der Waals surface area contributed by atoms with Crippen LogP contribution in [0.4, 0.5) is 0 Å². The molecular weight excluding hydrogens is 314 g/mol. The van der Waals surface area contributed by atoms with Gasteiger partial charge in [-0.1, -0.05) is 6.07 Å². The number of hydrogen-bond acceptors (Lipinski definition) is 5. The van der Waals surface area contributed by atoms with Gasteiger partial charge in [0.05, 0.1) is 11.5 Å². The summed E-state index contributed by atoms with van der Waals surface area (Å²) < 4.78 is 23.2. The number of pyridine rings is 1. The zero-order valence-electron chi connectivity index (χ0n) is 13.2. The van der Waals surface area contributed by atoms with Crippen molar-refractivity contribution >= 4 is 15.7 Å². The number of carbonyl (C=O) groups is 1. The van der Waals surface area contributed by atoms with Gasteiger partial charge in [-0.15, -0.1) is 0 Å². The van der Waals surface area contributed by atoms with E-state index in [-0.39, 0.29) is 17.7 Å². The molecule has 1 atom stereocenters. The van der Waals surface area contributed by atoms with E-state index in [0.717, 1.165) is 25.2 Å². The third-order valence-electron chi connectivity index (χ3n) is 4.71. The molecule has 126 valence electrons. The van der Waals surface area contributed by atoms with Crippen LogP contribution in [0, 0.1) is 0 Å². The highest BCUT2D eigenvalue weighted by Crippen LogP contribution is 2.19. The molecule has 0 bridgehead atoms. The van der Waals surface area contributed by atoms with Gasteiger partial charge in [-0.3, -0.25) is 14.7 Å². The summed E-state index contributed by atoms with van der Waals surface area (Å²) in [7, 11) is -2.84. The zero-order valence-corrected chi connectivity index (χ0v) is 14.0. The van der Waals surface area contributed by atoms with E-state index in [1.54, 1.807) is 6.20 Å². The number of aromatic nitrogens is 1. The van der Waals surface area contributed by atoms with Crippen LogP contribution >= 0.6 is 0 Å². The first-order valence-corrected chi connectivity index (χ1v) is 9.98. The van der Waals surface area contributed by atoms with Crippen molar-refractivity contribution in [1.82, 2.24) is 14.8 Å². The molecule has 2 fully saturated rings. The second-order valence-electron chi connectivity index (χ2n) is 6.29. The second-order valence-corrected chi connectivity index (χ2v) is 8.52. The molecule has 0 aliphatic carbocycles. The lowest BCUT2D eigenvalue weighted by Gasteiger charge is -2.37. The Labute approximate surface area is 137 Å². The molecule has 0 radical (unpaired) electrons. The number of rotatable bonds is 4. The highest BCUT2D eigenvalue weighted by atomic mass is 32.2. The Balaban J connectivity index is 1.44. The van der Waals surface area contributed by atoms with E-state index in [1.807, 2.05) is 23.1 Å². The monoisotopic (exact) mass is 337 g/mol. The average Bonchev–Trinajstić information content (AvgIpc) is 2.94. The highest BCUT2D eigenvalue weighted by molar-refractivity contribution is 7.91. The first-order chi connectivity index (χ1) is 11.0. The second kappa shape index (κ2) is 6.97. The van der Waals surface area contributed by atoms with E-state index >= 15 is 0 Å². The molecule has 0 unspecified atom stereocenters. The SMILES string of the molecule is O=C(CCc1ccccn1)N1CCN([C@H]2CCS(=O)(=O)C2)CC1. The maximum Gasteiger partial charge on any atom is 0.223 e. The van der Waals surface area contributed by atoms with Crippen LogP contribution in [0.5, 0.6) is 0 Å². The normalized spacial score (nSPS) is 24.7. The van der Waals surface area contributed by atoms with Gasteiger partial charge >= 0.3 is 0 Å². The van der Waals surface area contributed by atoms with Crippen LogP contribution in [-0.2, 0) is 21.1 Å². The molecular formula is C16H23N3O3S. The van der Waals surface area contributed by atoms with E-state index in [9.17, 15) is 13.2 Å². The Kier molecular flexibility index (Phi) is 4.96. The number of piperazine rings is 1. The van der Waals surface area contributed by atoms with Crippen LogP contribution in [0.2, 0.25) is 0 Å². The molecule has 6 nitrogen and oxygen atoms in total. The molecule has 23 heavy (non-hydrogen) atoms. The Morgan fingerprint density at radius 3 is 2.61 bits per heavy atom. The molecule has 2 aliphatic rings. The molecule has 7 heteroatoms. The van der Waals surface area contributed by atoms with E-state index in [2.05, 4.69) is 9.88 Å². The average molecular weight is 337 g/mol. The third kappa shape index (κ3) is 4.29. The molecule has 2 aliphatic heterocycles. The van der Waals surface area contributed by atoms with Crippen molar-refractivity contribution in [3.05, 3.63) is 30.1 Å². The van der Waals surface area contributed by atoms with E-state index < -0.39 is 9.84 Å². The van der Waals surface area contributed by atoms with Gasteiger partial charge in [-0.25, -0.2) is 8.42 Å². The molecule has 3 rings (SSSR count). The van der Waals surface area contributed by atoms with E-state index in [0.29, 0.717) is 31.7 Å². The van der Waals surface area contributed by atoms with Gasteiger partial charge in [0.25, 0.3) is 0 Å². The molecule has 1 amide bonds. The number of sulfone groups is 1. The van der Waals surface area contributed by atoms with Crippen molar-refractivity contribution < 1.29 is 13.2 Å². The fourth-order valence-corrected chi connectivity index (χ4v) is 5.10. The topological polar surface area (TPSA) is 70.6 Å². The molecule has 0 spiro atoms. The van der Waals surface area contributed by atoms with Gasteiger partial charge in [-0.05, 0) is 25.0 Å². The molecule has 0 N–H and O–H groups in total. The fourth-order valence-electron chi connectivity index (χ4n) is 3.34. The summed E-state index contributed by atoms with van der Waals surface area (Å²) in [5.74, 6) is 0.746. The summed E-state index contributed by atoms with van der Waals surface area (Å²) in [4.78, 5) is 20.6. The van der Waals surface area contributed by atoms with Gasteiger partial charge in [0.1, 0.15) is 0 Å². The number of nitrogens with zero attached hydrogens (tertiary/aromatic N) is 3. The number of aryl methyl sites for hydroxylation is 1. The van der Waals surface area contributed by atoms with Crippen LogP contribution in [0.1, 0.15) is 18.5 Å². The predicted octanol–water partition coefficient (Wildman–Crippen LogP) is 0.346. The minimum Gasteiger partial charge on any atom is -0.340 e.